The largest absolute Gasteiger partial charge is 0.396 e. The molecule has 0 saturated heterocycles. The quantitative estimate of drug-likeness (QED) is 0.622. The van der Waals surface area contributed by atoms with Crippen LogP contribution in [-0.4, -0.2) is 27.0 Å². The summed E-state index contributed by atoms with van der Waals surface area (Å²) in [5, 5.41) is 3.45. The Balaban J connectivity index is 3.28. The second-order valence-electron chi connectivity index (χ2n) is 4.71. The molecule has 0 unspecified atom stereocenters. The second-order valence-corrected chi connectivity index (χ2v) is 7.69. The van der Waals surface area contributed by atoms with E-state index in [0.717, 1.165) is 23.2 Å². The van der Waals surface area contributed by atoms with Gasteiger partial charge in [0.15, 0.2) is 15.6 Å². The van der Waals surface area contributed by atoms with E-state index in [1.807, 2.05) is 19.9 Å². The molecule has 0 aliphatic heterocycles. The van der Waals surface area contributed by atoms with Gasteiger partial charge in [0, 0.05) is 19.2 Å². The van der Waals surface area contributed by atoms with Crippen molar-refractivity contribution in [2.75, 3.05) is 23.9 Å². The van der Waals surface area contributed by atoms with Crippen molar-refractivity contribution < 1.29 is 13.2 Å². The Morgan fingerprint density at radius 2 is 2.00 bits per heavy atom. The van der Waals surface area contributed by atoms with Crippen LogP contribution in [0.4, 0.5) is 10.7 Å². The van der Waals surface area contributed by atoms with E-state index in [0.29, 0.717) is 22.8 Å². The lowest BCUT2D eigenvalue weighted by Gasteiger charge is -2.04. The smallest absolute Gasteiger partial charge is 0.180 e. The topological polar surface area (TPSA) is 89.3 Å². The summed E-state index contributed by atoms with van der Waals surface area (Å²) in [6.45, 7) is 6.12. The number of rotatable bonds is 6. The number of ketones is 1. The number of carbonyl (C=O) groups is 1. The summed E-state index contributed by atoms with van der Waals surface area (Å²) in [5.41, 5.74) is 7.03. The summed E-state index contributed by atoms with van der Waals surface area (Å²) >= 11 is 1.10. The first-order valence-electron chi connectivity index (χ1n) is 6.21. The molecule has 1 heterocycles. The van der Waals surface area contributed by atoms with E-state index >= 15 is 0 Å². The molecule has 0 fully saturated rings. The third-order valence-corrected chi connectivity index (χ3v) is 5.12. The summed E-state index contributed by atoms with van der Waals surface area (Å²) in [6, 6.07) is 0. The summed E-state index contributed by atoms with van der Waals surface area (Å²) in [6.07, 6.45) is 3.32. The van der Waals surface area contributed by atoms with Crippen molar-refractivity contribution in [2.24, 2.45) is 0 Å². The number of carbonyl (C=O) groups excluding carboxylic acids is 1. The minimum Gasteiger partial charge on any atom is -0.396 e. The van der Waals surface area contributed by atoms with Gasteiger partial charge in [0.05, 0.1) is 10.6 Å². The lowest BCUT2D eigenvalue weighted by molar-refractivity contribution is 0.0992. The highest BCUT2D eigenvalue weighted by atomic mass is 32.2. The van der Waals surface area contributed by atoms with E-state index in [-0.39, 0.29) is 16.4 Å². The molecule has 0 amide bonds. The predicted molar refractivity (Wildman–Crippen MR) is 84.4 cm³/mol. The molecule has 0 aliphatic rings. The summed E-state index contributed by atoms with van der Waals surface area (Å²) < 4.78 is 23.7. The van der Waals surface area contributed by atoms with Gasteiger partial charge in [-0.05, 0) is 13.8 Å². The second kappa shape index (κ2) is 6.41. The van der Waals surface area contributed by atoms with E-state index in [4.69, 9.17) is 5.73 Å². The van der Waals surface area contributed by atoms with E-state index in [9.17, 15) is 13.2 Å². The van der Waals surface area contributed by atoms with Crippen molar-refractivity contribution in [3.8, 4) is 0 Å². The lowest BCUT2D eigenvalue weighted by Crippen LogP contribution is -2.06. The van der Waals surface area contributed by atoms with Crippen molar-refractivity contribution in [1.82, 2.24) is 0 Å². The Bertz CT molecular complexity index is 639. The number of sulfone groups is 1. The van der Waals surface area contributed by atoms with Crippen LogP contribution >= 0.6 is 11.3 Å². The first kappa shape index (κ1) is 16.7. The normalized spacial score (nSPS) is 11.2. The average molecular weight is 316 g/mol. The number of hydrogen-bond donors (Lipinski definition) is 2. The van der Waals surface area contributed by atoms with Crippen molar-refractivity contribution in [2.45, 2.75) is 32.1 Å². The number of nitrogens with one attached hydrogen (secondary N) is 1. The van der Waals surface area contributed by atoms with Gasteiger partial charge in [-0.25, -0.2) is 8.42 Å². The van der Waals surface area contributed by atoms with Gasteiger partial charge in [0.2, 0.25) is 0 Å². The van der Waals surface area contributed by atoms with Crippen LogP contribution in [0.2, 0.25) is 0 Å². The van der Waals surface area contributed by atoms with Crippen LogP contribution in [-0.2, 0) is 9.84 Å². The summed E-state index contributed by atoms with van der Waals surface area (Å²) in [7, 11) is -3.49. The maximum atomic E-state index is 11.9. The Hall–Kier alpha value is -1.34. The molecule has 112 valence electrons. The molecule has 0 bridgehead atoms. The molecule has 0 atom stereocenters. The third-order valence-electron chi connectivity index (χ3n) is 2.62. The zero-order valence-electron chi connectivity index (χ0n) is 12.1. The molecule has 3 N–H and O–H groups in total. The highest BCUT2D eigenvalue weighted by Crippen LogP contribution is 2.39. The number of allylic oxidation sites excluding steroid dienone is 1. The molecule has 0 aromatic carbocycles. The van der Waals surface area contributed by atoms with E-state index in [1.165, 1.54) is 0 Å². The standard InChI is InChI=1S/C13H20N2O3S2/c1-5-9(16)11-10(14)12(20(4,17)18)13(19-11)15-7-6-8(2)3/h6,15H,5,7,14H2,1-4H3. The molecule has 1 aromatic rings. The Morgan fingerprint density at radius 3 is 2.45 bits per heavy atom. The predicted octanol–water partition coefficient (Wildman–Crippen LogP) is 2.70. The Morgan fingerprint density at radius 1 is 1.40 bits per heavy atom. The lowest BCUT2D eigenvalue weighted by atomic mass is 10.2. The monoisotopic (exact) mass is 316 g/mol. The van der Waals surface area contributed by atoms with E-state index in [2.05, 4.69) is 5.32 Å². The number of anilines is 2. The van der Waals surface area contributed by atoms with Gasteiger partial charge in [-0.2, -0.15) is 0 Å². The molecular weight excluding hydrogens is 296 g/mol. The van der Waals surface area contributed by atoms with E-state index in [1.54, 1.807) is 6.92 Å². The molecule has 1 aromatic heterocycles. The fourth-order valence-corrected chi connectivity index (χ4v) is 4.22. The van der Waals surface area contributed by atoms with Gasteiger partial charge >= 0.3 is 0 Å². The third kappa shape index (κ3) is 3.83. The average Bonchev–Trinajstić information content (AvgIpc) is 2.64. The van der Waals surface area contributed by atoms with Gasteiger partial charge in [-0.3, -0.25) is 4.79 Å². The summed E-state index contributed by atoms with van der Waals surface area (Å²) in [5.74, 6) is -0.146. The fraction of sp³-hybridized carbons (Fsp3) is 0.462. The molecule has 5 nitrogen and oxygen atoms in total. The van der Waals surface area contributed by atoms with Gasteiger partial charge in [0.25, 0.3) is 0 Å². The maximum absolute atomic E-state index is 11.9. The number of nitrogen functional groups attached to an aromatic ring is 1. The van der Waals surface area contributed by atoms with Crippen molar-refractivity contribution in [3.05, 3.63) is 16.5 Å². The first-order valence-corrected chi connectivity index (χ1v) is 8.92. The molecule has 0 aliphatic carbocycles. The van der Waals surface area contributed by atoms with Crippen LogP contribution < -0.4 is 11.1 Å². The van der Waals surface area contributed by atoms with Gasteiger partial charge in [-0.1, -0.05) is 18.6 Å². The van der Waals surface area contributed by atoms with Crippen LogP contribution in [0.3, 0.4) is 0 Å². The SMILES string of the molecule is CCC(=O)c1sc(NCC=C(C)C)c(S(C)(=O)=O)c1N. The number of thiophene rings is 1. The molecule has 1 rings (SSSR count). The van der Waals surface area contributed by atoms with Crippen molar-refractivity contribution >= 4 is 37.6 Å². The maximum Gasteiger partial charge on any atom is 0.180 e. The van der Waals surface area contributed by atoms with E-state index < -0.39 is 9.84 Å². The van der Waals surface area contributed by atoms with Crippen LogP contribution in [0.1, 0.15) is 36.9 Å². The zero-order chi connectivity index (χ0) is 15.5. The molecule has 0 saturated carbocycles. The molecular formula is C13H20N2O3S2. The van der Waals surface area contributed by atoms with Crippen LogP contribution in [0.15, 0.2) is 16.5 Å². The van der Waals surface area contributed by atoms with Crippen LogP contribution in [0.25, 0.3) is 0 Å². The van der Waals surface area contributed by atoms with Crippen molar-refractivity contribution in [1.29, 1.82) is 0 Å². The summed E-state index contributed by atoms with van der Waals surface area (Å²) in [4.78, 5) is 12.1. The van der Waals surface area contributed by atoms with Crippen LogP contribution in [0.5, 0.6) is 0 Å². The molecule has 7 heteroatoms. The first-order chi connectivity index (χ1) is 9.18. The Kier molecular flexibility index (Phi) is 5.35. The fourth-order valence-electron chi connectivity index (χ4n) is 1.63. The zero-order valence-corrected chi connectivity index (χ0v) is 13.7. The van der Waals surface area contributed by atoms with Gasteiger partial charge < -0.3 is 11.1 Å². The van der Waals surface area contributed by atoms with Gasteiger partial charge in [-0.15, -0.1) is 11.3 Å². The number of hydrogen-bond acceptors (Lipinski definition) is 6. The van der Waals surface area contributed by atoms with Crippen LogP contribution in [0, 0.1) is 0 Å². The minimum atomic E-state index is -3.49. The van der Waals surface area contributed by atoms with Gasteiger partial charge in [0.1, 0.15) is 9.90 Å². The molecule has 0 spiro atoms. The molecule has 0 radical (unpaired) electrons. The minimum absolute atomic E-state index is 0.0291. The van der Waals surface area contributed by atoms with Crippen molar-refractivity contribution in [3.63, 3.8) is 0 Å². The number of nitrogens with two attached hydrogens (primary N) is 1. The highest BCUT2D eigenvalue weighted by molar-refractivity contribution is 7.91. The highest BCUT2D eigenvalue weighted by Gasteiger charge is 2.26. The Labute approximate surface area is 123 Å². The molecule has 20 heavy (non-hydrogen) atoms. The number of Topliss-reactive ketones (excluding diaryl/α,β-unsaturated/α-hetero) is 1.